The molecule has 1 fully saturated rings. The maximum Gasteiger partial charge on any atom is 0.183 e. The summed E-state index contributed by atoms with van der Waals surface area (Å²) in [7, 11) is 0. The van der Waals surface area contributed by atoms with Gasteiger partial charge < -0.3 is 5.32 Å². The van der Waals surface area contributed by atoms with Gasteiger partial charge in [-0.2, -0.15) is 0 Å². The number of hydrogen-bond acceptors (Lipinski definition) is 3. The van der Waals surface area contributed by atoms with Crippen LogP contribution in [0.5, 0.6) is 0 Å². The molecule has 0 atom stereocenters. The van der Waals surface area contributed by atoms with Crippen LogP contribution in [0, 0.1) is 0 Å². The minimum Gasteiger partial charge on any atom is -0.355 e. The molecule has 1 aromatic rings. The number of aromatic nitrogens is 1. The topological polar surface area (TPSA) is 24.9 Å². The van der Waals surface area contributed by atoms with Crippen LogP contribution < -0.4 is 5.32 Å². The van der Waals surface area contributed by atoms with Gasteiger partial charge in [0.15, 0.2) is 5.13 Å². The standard InChI is InChI=1S/C7H9ClN2S/c8-5-7(1-2-7)10-6-9-3-4-11-6/h3-4H,1-2,5H2,(H,9,10). The highest BCUT2D eigenvalue weighted by molar-refractivity contribution is 7.13. The van der Waals surface area contributed by atoms with Crippen molar-refractivity contribution in [2.45, 2.75) is 18.4 Å². The van der Waals surface area contributed by atoms with Gasteiger partial charge in [0, 0.05) is 17.5 Å². The lowest BCUT2D eigenvalue weighted by Gasteiger charge is -2.11. The van der Waals surface area contributed by atoms with E-state index in [9.17, 15) is 0 Å². The van der Waals surface area contributed by atoms with Crippen molar-refractivity contribution in [1.29, 1.82) is 0 Å². The van der Waals surface area contributed by atoms with Gasteiger partial charge in [-0.15, -0.1) is 22.9 Å². The fraction of sp³-hybridized carbons (Fsp3) is 0.571. The molecule has 1 saturated carbocycles. The van der Waals surface area contributed by atoms with Crippen molar-refractivity contribution in [2.75, 3.05) is 11.2 Å². The molecule has 2 nitrogen and oxygen atoms in total. The largest absolute Gasteiger partial charge is 0.355 e. The van der Waals surface area contributed by atoms with E-state index in [2.05, 4.69) is 10.3 Å². The van der Waals surface area contributed by atoms with E-state index in [1.54, 1.807) is 17.5 Å². The Balaban J connectivity index is 2.01. The van der Waals surface area contributed by atoms with E-state index in [4.69, 9.17) is 11.6 Å². The van der Waals surface area contributed by atoms with Crippen molar-refractivity contribution in [3.05, 3.63) is 11.6 Å². The summed E-state index contributed by atoms with van der Waals surface area (Å²) in [5.41, 5.74) is 0.180. The summed E-state index contributed by atoms with van der Waals surface area (Å²) < 4.78 is 0. The molecule has 0 unspecified atom stereocenters. The average molecular weight is 189 g/mol. The molecule has 1 aliphatic carbocycles. The quantitative estimate of drug-likeness (QED) is 0.737. The van der Waals surface area contributed by atoms with E-state index in [-0.39, 0.29) is 5.54 Å². The molecule has 0 aromatic carbocycles. The maximum atomic E-state index is 5.79. The van der Waals surface area contributed by atoms with E-state index < -0.39 is 0 Å². The Labute approximate surface area is 74.6 Å². The number of thiazole rings is 1. The summed E-state index contributed by atoms with van der Waals surface area (Å²) in [4.78, 5) is 4.14. The molecule has 0 bridgehead atoms. The fourth-order valence-corrected chi connectivity index (χ4v) is 1.94. The van der Waals surface area contributed by atoms with Gasteiger partial charge in [-0.25, -0.2) is 4.98 Å². The summed E-state index contributed by atoms with van der Waals surface area (Å²) >= 11 is 7.41. The Hall–Kier alpha value is -0.280. The Morgan fingerprint density at radius 2 is 2.55 bits per heavy atom. The van der Waals surface area contributed by atoms with Gasteiger partial charge in [0.2, 0.25) is 0 Å². The molecule has 1 aromatic heterocycles. The van der Waals surface area contributed by atoms with Crippen molar-refractivity contribution in [1.82, 2.24) is 4.98 Å². The van der Waals surface area contributed by atoms with Gasteiger partial charge >= 0.3 is 0 Å². The summed E-state index contributed by atoms with van der Waals surface area (Å²) in [6, 6.07) is 0. The Morgan fingerprint density at radius 1 is 1.73 bits per heavy atom. The number of alkyl halides is 1. The third-order valence-corrected chi connectivity index (χ3v) is 3.11. The van der Waals surface area contributed by atoms with E-state index in [0.29, 0.717) is 5.88 Å². The lowest BCUT2D eigenvalue weighted by molar-refractivity contribution is 0.835. The summed E-state index contributed by atoms with van der Waals surface area (Å²) in [5.74, 6) is 0.687. The van der Waals surface area contributed by atoms with Crippen LogP contribution in [-0.4, -0.2) is 16.4 Å². The fourth-order valence-electron chi connectivity index (χ4n) is 0.955. The number of rotatable bonds is 3. The molecule has 11 heavy (non-hydrogen) atoms. The van der Waals surface area contributed by atoms with E-state index in [1.165, 1.54) is 12.8 Å². The van der Waals surface area contributed by atoms with Crippen LogP contribution in [0.2, 0.25) is 0 Å². The zero-order chi connectivity index (χ0) is 7.73. The average Bonchev–Trinajstić information content (AvgIpc) is 2.59. The highest BCUT2D eigenvalue weighted by Crippen LogP contribution is 2.40. The van der Waals surface area contributed by atoms with Crippen molar-refractivity contribution < 1.29 is 0 Å². The molecule has 0 radical (unpaired) electrons. The van der Waals surface area contributed by atoms with Crippen LogP contribution in [-0.2, 0) is 0 Å². The SMILES string of the molecule is ClCC1(Nc2nccs2)CC1. The van der Waals surface area contributed by atoms with Crippen LogP contribution in [0.25, 0.3) is 0 Å². The highest BCUT2D eigenvalue weighted by atomic mass is 35.5. The lowest BCUT2D eigenvalue weighted by atomic mass is 10.3. The third-order valence-electron chi connectivity index (χ3n) is 1.91. The van der Waals surface area contributed by atoms with Crippen molar-refractivity contribution in [3.8, 4) is 0 Å². The zero-order valence-corrected chi connectivity index (χ0v) is 7.58. The molecule has 1 heterocycles. The second kappa shape index (κ2) is 2.64. The predicted octanol–water partition coefficient (Wildman–Crippen LogP) is 2.33. The number of nitrogens with one attached hydrogen (secondary N) is 1. The van der Waals surface area contributed by atoms with Crippen LogP contribution in [0.1, 0.15) is 12.8 Å². The number of halogens is 1. The highest BCUT2D eigenvalue weighted by Gasteiger charge is 2.42. The van der Waals surface area contributed by atoms with Gasteiger partial charge in [0.1, 0.15) is 0 Å². The number of nitrogens with zero attached hydrogens (tertiary/aromatic N) is 1. The van der Waals surface area contributed by atoms with E-state index in [0.717, 1.165) is 5.13 Å². The molecule has 1 aliphatic rings. The minimum atomic E-state index is 0.180. The first kappa shape index (κ1) is 7.37. The molecule has 60 valence electrons. The molecule has 0 spiro atoms. The normalized spacial score (nSPS) is 19.7. The first-order valence-corrected chi connectivity index (χ1v) is 5.00. The Morgan fingerprint density at radius 3 is 3.00 bits per heavy atom. The van der Waals surface area contributed by atoms with Gasteiger partial charge in [-0.3, -0.25) is 0 Å². The van der Waals surface area contributed by atoms with Gasteiger partial charge in [-0.1, -0.05) is 0 Å². The summed E-state index contributed by atoms with van der Waals surface area (Å²) in [5, 5.41) is 6.29. The first-order valence-electron chi connectivity index (χ1n) is 3.58. The van der Waals surface area contributed by atoms with E-state index in [1.807, 2.05) is 5.38 Å². The van der Waals surface area contributed by atoms with Crippen LogP contribution in [0.3, 0.4) is 0 Å². The lowest BCUT2D eigenvalue weighted by Crippen LogP contribution is -2.22. The molecule has 0 amide bonds. The number of anilines is 1. The van der Waals surface area contributed by atoms with Gasteiger partial charge in [-0.05, 0) is 12.8 Å². The monoisotopic (exact) mass is 188 g/mol. The Kier molecular flexibility index (Phi) is 1.77. The smallest absolute Gasteiger partial charge is 0.183 e. The number of hydrogen-bond donors (Lipinski definition) is 1. The van der Waals surface area contributed by atoms with Crippen molar-refractivity contribution >= 4 is 28.1 Å². The molecule has 0 saturated heterocycles. The second-order valence-corrected chi connectivity index (χ2v) is 4.04. The Bertz CT molecular complexity index is 231. The van der Waals surface area contributed by atoms with E-state index >= 15 is 0 Å². The molecule has 4 heteroatoms. The minimum absolute atomic E-state index is 0.180. The molecule has 1 N–H and O–H groups in total. The van der Waals surface area contributed by atoms with Crippen molar-refractivity contribution in [2.24, 2.45) is 0 Å². The first-order chi connectivity index (χ1) is 5.35. The van der Waals surface area contributed by atoms with Gasteiger partial charge in [0.05, 0.1) is 5.54 Å². The molecule has 2 rings (SSSR count). The van der Waals surface area contributed by atoms with Crippen molar-refractivity contribution in [3.63, 3.8) is 0 Å². The second-order valence-electron chi connectivity index (χ2n) is 2.88. The zero-order valence-electron chi connectivity index (χ0n) is 6.01. The maximum absolute atomic E-state index is 5.79. The molecular weight excluding hydrogens is 180 g/mol. The van der Waals surface area contributed by atoms with Gasteiger partial charge in [0.25, 0.3) is 0 Å². The molecular formula is C7H9ClN2S. The molecule has 0 aliphatic heterocycles. The van der Waals surface area contributed by atoms with Crippen LogP contribution >= 0.6 is 22.9 Å². The predicted molar refractivity (Wildman–Crippen MR) is 48.4 cm³/mol. The van der Waals surface area contributed by atoms with Crippen LogP contribution in [0.15, 0.2) is 11.6 Å². The van der Waals surface area contributed by atoms with Crippen LogP contribution in [0.4, 0.5) is 5.13 Å². The summed E-state index contributed by atoms with van der Waals surface area (Å²) in [6.07, 6.45) is 4.16. The summed E-state index contributed by atoms with van der Waals surface area (Å²) in [6.45, 7) is 0. The third kappa shape index (κ3) is 1.49.